The number of aliphatic hydroxyl groups excluding tert-OH is 1. The van der Waals surface area contributed by atoms with Gasteiger partial charge in [-0.1, -0.05) is 18.2 Å². The van der Waals surface area contributed by atoms with Gasteiger partial charge in [0.15, 0.2) is 0 Å². The van der Waals surface area contributed by atoms with Crippen LogP contribution in [0.5, 0.6) is 0 Å². The minimum atomic E-state index is 0.133. The highest BCUT2D eigenvalue weighted by atomic mass is 16.2. The van der Waals surface area contributed by atoms with Gasteiger partial charge in [0.2, 0.25) is 0 Å². The van der Waals surface area contributed by atoms with Crippen LogP contribution >= 0.6 is 0 Å². The molecule has 3 N–H and O–H groups in total. The van der Waals surface area contributed by atoms with Crippen LogP contribution in [-0.2, 0) is 12.8 Å². The second-order valence-electron chi connectivity index (χ2n) is 5.06. The van der Waals surface area contributed by atoms with E-state index in [1.165, 1.54) is 42.4 Å². The molecule has 1 aliphatic rings. The quantitative estimate of drug-likeness (QED) is 0.768. The first-order chi connectivity index (χ1) is 8.31. The first-order valence-electron chi connectivity index (χ1n) is 6.79. The number of aryl methyl sites for hydroxylation is 2. The van der Waals surface area contributed by atoms with E-state index < -0.39 is 0 Å². The fraction of sp³-hybridized carbons (Fsp3) is 0.600. The van der Waals surface area contributed by atoms with Crippen molar-refractivity contribution in [2.24, 2.45) is 5.73 Å². The Morgan fingerprint density at radius 3 is 2.65 bits per heavy atom. The third kappa shape index (κ3) is 3.30. The van der Waals surface area contributed by atoms with E-state index in [-0.39, 0.29) is 12.6 Å². The smallest absolute Gasteiger partial charge is 0.0431 e. The second-order valence-corrected chi connectivity index (χ2v) is 5.06. The molecule has 0 saturated heterocycles. The molecule has 2 heteroatoms. The number of aliphatic hydroxyl groups is 1. The lowest BCUT2D eigenvalue weighted by Crippen LogP contribution is -2.12. The summed E-state index contributed by atoms with van der Waals surface area (Å²) in [6.07, 6.45) is 7.93. The lowest BCUT2D eigenvalue weighted by molar-refractivity contribution is 0.281. The molecule has 0 bridgehead atoms. The topological polar surface area (TPSA) is 46.2 Å². The predicted octanol–water partition coefficient (Wildman–Crippen LogP) is 2.73. The van der Waals surface area contributed by atoms with Gasteiger partial charge >= 0.3 is 0 Å². The Morgan fingerprint density at radius 2 is 1.88 bits per heavy atom. The van der Waals surface area contributed by atoms with E-state index >= 15 is 0 Å². The van der Waals surface area contributed by atoms with Crippen molar-refractivity contribution in [2.75, 3.05) is 6.61 Å². The van der Waals surface area contributed by atoms with E-state index in [4.69, 9.17) is 10.8 Å². The molecule has 17 heavy (non-hydrogen) atoms. The summed E-state index contributed by atoms with van der Waals surface area (Å²) in [6.45, 7) is 0.275. The van der Waals surface area contributed by atoms with Crippen LogP contribution < -0.4 is 5.73 Å². The van der Waals surface area contributed by atoms with Gasteiger partial charge in [-0.25, -0.2) is 0 Å². The SMILES string of the molecule is NC(CCCCO)c1ccc2c(c1)CCCC2. The standard InChI is InChI=1S/C15H23NO/c16-15(7-3-4-10-17)14-9-8-12-5-1-2-6-13(12)11-14/h8-9,11,15,17H,1-7,10,16H2. The van der Waals surface area contributed by atoms with Crippen LogP contribution in [0.2, 0.25) is 0 Å². The monoisotopic (exact) mass is 233 g/mol. The number of benzene rings is 1. The fourth-order valence-corrected chi connectivity index (χ4v) is 2.63. The van der Waals surface area contributed by atoms with Gasteiger partial charge in [-0.3, -0.25) is 0 Å². The van der Waals surface area contributed by atoms with Crippen molar-refractivity contribution in [1.82, 2.24) is 0 Å². The molecule has 0 radical (unpaired) electrons. The molecular formula is C15H23NO. The van der Waals surface area contributed by atoms with E-state index in [0.717, 1.165) is 19.3 Å². The molecule has 0 aliphatic heterocycles. The van der Waals surface area contributed by atoms with Gasteiger partial charge in [-0.15, -0.1) is 0 Å². The van der Waals surface area contributed by atoms with Gasteiger partial charge in [0.25, 0.3) is 0 Å². The van der Waals surface area contributed by atoms with Crippen LogP contribution in [-0.4, -0.2) is 11.7 Å². The van der Waals surface area contributed by atoms with Crippen molar-refractivity contribution < 1.29 is 5.11 Å². The van der Waals surface area contributed by atoms with Crippen molar-refractivity contribution in [3.63, 3.8) is 0 Å². The molecule has 1 unspecified atom stereocenters. The van der Waals surface area contributed by atoms with Crippen molar-refractivity contribution in [3.8, 4) is 0 Å². The highest BCUT2D eigenvalue weighted by Gasteiger charge is 2.12. The van der Waals surface area contributed by atoms with Crippen LogP contribution in [0.25, 0.3) is 0 Å². The van der Waals surface area contributed by atoms with Crippen LogP contribution in [0.3, 0.4) is 0 Å². The van der Waals surface area contributed by atoms with Gasteiger partial charge in [-0.05, 0) is 61.6 Å². The Hall–Kier alpha value is -0.860. The summed E-state index contributed by atoms with van der Waals surface area (Å²) in [7, 11) is 0. The third-order valence-corrected chi connectivity index (χ3v) is 3.72. The van der Waals surface area contributed by atoms with Crippen LogP contribution in [0.1, 0.15) is 54.8 Å². The third-order valence-electron chi connectivity index (χ3n) is 3.72. The number of hydrogen-bond acceptors (Lipinski definition) is 2. The summed E-state index contributed by atoms with van der Waals surface area (Å²) in [6, 6.07) is 6.88. The predicted molar refractivity (Wildman–Crippen MR) is 70.9 cm³/mol. The Labute approximate surface area is 104 Å². The molecule has 0 fully saturated rings. The van der Waals surface area contributed by atoms with E-state index in [2.05, 4.69) is 18.2 Å². The minimum absolute atomic E-state index is 0.133. The van der Waals surface area contributed by atoms with E-state index in [0.29, 0.717) is 0 Å². The van der Waals surface area contributed by atoms with Gasteiger partial charge in [0.05, 0.1) is 0 Å². The average molecular weight is 233 g/mol. The largest absolute Gasteiger partial charge is 0.396 e. The fourth-order valence-electron chi connectivity index (χ4n) is 2.63. The van der Waals surface area contributed by atoms with Crippen molar-refractivity contribution in [2.45, 2.75) is 51.0 Å². The molecule has 1 aromatic carbocycles. The Balaban J connectivity index is 2.00. The van der Waals surface area contributed by atoms with Crippen LogP contribution in [0.15, 0.2) is 18.2 Å². The summed E-state index contributed by atoms with van der Waals surface area (Å²) in [5, 5.41) is 8.77. The molecule has 0 amide bonds. The van der Waals surface area contributed by atoms with Gasteiger partial charge < -0.3 is 10.8 Å². The maximum atomic E-state index is 8.77. The molecule has 94 valence electrons. The number of hydrogen-bond donors (Lipinski definition) is 2. The zero-order valence-electron chi connectivity index (χ0n) is 10.5. The van der Waals surface area contributed by atoms with E-state index in [9.17, 15) is 0 Å². The molecule has 2 nitrogen and oxygen atoms in total. The van der Waals surface area contributed by atoms with Crippen molar-refractivity contribution in [3.05, 3.63) is 34.9 Å². The molecule has 0 aromatic heterocycles. The summed E-state index contributed by atoms with van der Waals surface area (Å²) < 4.78 is 0. The first-order valence-corrected chi connectivity index (χ1v) is 6.79. The zero-order valence-corrected chi connectivity index (χ0v) is 10.5. The molecule has 0 saturated carbocycles. The summed E-state index contributed by atoms with van der Waals surface area (Å²) >= 11 is 0. The van der Waals surface area contributed by atoms with Crippen LogP contribution in [0.4, 0.5) is 0 Å². The number of nitrogens with two attached hydrogens (primary N) is 1. The van der Waals surface area contributed by atoms with Gasteiger partial charge in [0, 0.05) is 12.6 Å². The number of unbranched alkanes of at least 4 members (excludes halogenated alkanes) is 1. The Bertz CT molecular complexity index is 362. The Kier molecular flexibility index (Phi) is 4.57. The highest BCUT2D eigenvalue weighted by molar-refractivity contribution is 5.35. The molecule has 1 atom stereocenters. The molecule has 2 rings (SSSR count). The van der Waals surface area contributed by atoms with E-state index in [1.807, 2.05) is 0 Å². The van der Waals surface area contributed by atoms with E-state index in [1.54, 1.807) is 0 Å². The summed E-state index contributed by atoms with van der Waals surface area (Å²) in [4.78, 5) is 0. The number of fused-ring (bicyclic) bond motifs is 1. The minimum Gasteiger partial charge on any atom is -0.396 e. The maximum absolute atomic E-state index is 8.77. The lowest BCUT2D eigenvalue weighted by atomic mass is 9.88. The maximum Gasteiger partial charge on any atom is 0.0431 e. The molecule has 1 aliphatic carbocycles. The van der Waals surface area contributed by atoms with Crippen LogP contribution in [0, 0.1) is 0 Å². The molecular weight excluding hydrogens is 210 g/mol. The van der Waals surface area contributed by atoms with Gasteiger partial charge in [0.1, 0.15) is 0 Å². The zero-order chi connectivity index (χ0) is 12.1. The highest BCUT2D eigenvalue weighted by Crippen LogP contribution is 2.25. The normalized spacial score (nSPS) is 16.6. The lowest BCUT2D eigenvalue weighted by Gasteiger charge is -2.19. The van der Waals surface area contributed by atoms with Crippen molar-refractivity contribution in [1.29, 1.82) is 0 Å². The number of rotatable bonds is 5. The average Bonchev–Trinajstić information content (AvgIpc) is 2.38. The molecule has 0 heterocycles. The Morgan fingerprint density at radius 1 is 1.12 bits per heavy atom. The molecule has 1 aromatic rings. The molecule has 0 spiro atoms. The first kappa shape index (κ1) is 12.6. The van der Waals surface area contributed by atoms with Crippen molar-refractivity contribution >= 4 is 0 Å². The van der Waals surface area contributed by atoms with Gasteiger partial charge in [-0.2, -0.15) is 0 Å². The summed E-state index contributed by atoms with van der Waals surface area (Å²) in [5.74, 6) is 0. The second kappa shape index (κ2) is 6.18. The summed E-state index contributed by atoms with van der Waals surface area (Å²) in [5.41, 5.74) is 10.5.